The lowest BCUT2D eigenvalue weighted by Gasteiger charge is -2.32. The van der Waals surface area contributed by atoms with E-state index in [0.29, 0.717) is 6.10 Å². The van der Waals surface area contributed by atoms with E-state index in [-0.39, 0.29) is 0 Å². The molecule has 2 aliphatic rings. The van der Waals surface area contributed by atoms with Gasteiger partial charge in [-0.15, -0.1) is 0 Å². The minimum Gasteiger partial charge on any atom is -0.381 e. The molecule has 0 unspecified atom stereocenters. The first-order chi connectivity index (χ1) is 9.28. The quantitative estimate of drug-likeness (QED) is 0.733. The van der Waals surface area contributed by atoms with Gasteiger partial charge in [0.05, 0.1) is 6.10 Å². The van der Waals surface area contributed by atoms with E-state index in [0.717, 1.165) is 6.04 Å². The molecule has 1 aliphatic carbocycles. The van der Waals surface area contributed by atoms with Crippen molar-refractivity contribution in [3.05, 3.63) is 0 Å². The highest BCUT2D eigenvalue weighted by atomic mass is 16.5. The minimum atomic E-state index is 0.517. The maximum atomic E-state index is 5.41. The van der Waals surface area contributed by atoms with E-state index in [9.17, 15) is 0 Å². The fraction of sp³-hybridized carbons (Fsp3) is 1.00. The molecule has 1 saturated carbocycles. The Bertz CT molecular complexity index is 234. The van der Waals surface area contributed by atoms with Crippen LogP contribution >= 0.6 is 0 Å². The summed E-state index contributed by atoms with van der Waals surface area (Å²) in [5, 5.41) is 3.72. The van der Waals surface area contributed by atoms with Crippen LogP contribution in [0, 0.1) is 0 Å². The molecule has 0 bridgehead atoms. The van der Waals surface area contributed by atoms with Crippen LogP contribution in [-0.4, -0.2) is 75.4 Å². The molecule has 0 aromatic heterocycles. The molecule has 112 valence electrons. The zero-order chi connectivity index (χ0) is 13.5. The first-order valence-electron chi connectivity index (χ1n) is 7.95. The van der Waals surface area contributed by atoms with Gasteiger partial charge in [-0.1, -0.05) is 0 Å². The standard InChI is InChI=1S/C15H31N3O/c1-17-10-12-18(13-11-17)9-3-8-16-14-4-6-15(19-2)7-5-14/h14-16H,3-13H2,1-2H3. The van der Waals surface area contributed by atoms with Gasteiger partial charge in [0.25, 0.3) is 0 Å². The summed E-state index contributed by atoms with van der Waals surface area (Å²) < 4.78 is 5.41. The lowest BCUT2D eigenvalue weighted by molar-refractivity contribution is 0.0624. The van der Waals surface area contributed by atoms with E-state index < -0.39 is 0 Å². The SMILES string of the molecule is COC1CCC(NCCCN2CCN(C)CC2)CC1. The van der Waals surface area contributed by atoms with Gasteiger partial charge in [0.1, 0.15) is 0 Å². The van der Waals surface area contributed by atoms with Gasteiger partial charge in [0.15, 0.2) is 0 Å². The van der Waals surface area contributed by atoms with Crippen molar-refractivity contribution in [1.29, 1.82) is 0 Å². The Kier molecular flexibility index (Phi) is 6.57. The lowest BCUT2D eigenvalue weighted by atomic mass is 9.93. The van der Waals surface area contributed by atoms with Gasteiger partial charge in [0, 0.05) is 39.3 Å². The number of hydrogen-bond acceptors (Lipinski definition) is 4. The molecular formula is C15H31N3O. The molecule has 0 radical (unpaired) electrons. The number of nitrogens with one attached hydrogen (secondary N) is 1. The first-order valence-corrected chi connectivity index (χ1v) is 7.95. The molecule has 0 spiro atoms. The van der Waals surface area contributed by atoms with Crippen LogP contribution in [0.15, 0.2) is 0 Å². The fourth-order valence-electron chi connectivity index (χ4n) is 3.18. The van der Waals surface area contributed by atoms with Crippen molar-refractivity contribution < 1.29 is 4.74 Å². The van der Waals surface area contributed by atoms with Crippen molar-refractivity contribution in [2.24, 2.45) is 0 Å². The van der Waals surface area contributed by atoms with Crippen LogP contribution < -0.4 is 5.32 Å². The number of methoxy groups -OCH3 is 1. The largest absolute Gasteiger partial charge is 0.381 e. The summed E-state index contributed by atoms with van der Waals surface area (Å²) in [4.78, 5) is 5.02. The van der Waals surface area contributed by atoms with E-state index in [2.05, 4.69) is 22.2 Å². The molecule has 4 nitrogen and oxygen atoms in total. The zero-order valence-corrected chi connectivity index (χ0v) is 12.7. The van der Waals surface area contributed by atoms with E-state index >= 15 is 0 Å². The Balaban J connectivity index is 1.48. The second-order valence-corrected chi connectivity index (χ2v) is 6.16. The third-order valence-electron chi connectivity index (χ3n) is 4.69. The monoisotopic (exact) mass is 269 g/mol. The number of ether oxygens (including phenoxy) is 1. The lowest BCUT2D eigenvalue weighted by Crippen LogP contribution is -2.45. The Morgan fingerprint density at radius 2 is 1.74 bits per heavy atom. The number of likely N-dealkylation sites (N-methyl/N-ethyl adjacent to an activating group) is 1. The third kappa shape index (κ3) is 5.38. The summed E-state index contributed by atoms with van der Waals surface area (Å²) in [6.45, 7) is 7.39. The Hall–Kier alpha value is -0.160. The summed E-state index contributed by atoms with van der Waals surface area (Å²) >= 11 is 0. The van der Waals surface area contributed by atoms with Gasteiger partial charge in [0.2, 0.25) is 0 Å². The van der Waals surface area contributed by atoms with Crippen LogP contribution in [-0.2, 0) is 4.74 Å². The predicted molar refractivity (Wildman–Crippen MR) is 79.6 cm³/mol. The highest BCUT2D eigenvalue weighted by Crippen LogP contribution is 2.20. The van der Waals surface area contributed by atoms with Crippen molar-refractivity contribution in [2.45, 2.75) is 44.2 Å². The normalized spacial score (nSPS) is 30.6. The molecule has 0 aromatic carbocycles. The average molecular weight is 269 g/mol. The number of rotatable bonds is 6. The molecular weight excluding hydrogens is 238 g/mol. The molecule has 0 atom stereocenters. The smallest absolute Gasteiger partial charge is 0.0572 e. The van der Waals surface area contributed by atoms with E-state index in [1.165, 1.54) is 71.4 Å². The maximum Gasteiger partial charge on any atom is 0.0572 e. The fourth-order valence-corrected chi connectivity index (χ4v) is 3.18. The predicted octanol–water partition coefficient (Wildman–Crippen LogP) is 1.17. The molecule has 19 heavy (non-hydrogen) atoms. The van der Waals surface area contributed by atoms with Crippen molar-refractivity contribution in [2.75, 3.05) is 53.4 Å². The topological polar surface area (TPSA) is 27.7 Å². The van der Waals surface area contributed by atoms with Gasteiger partial charge in [-0.2, -0.15) is 0 Å². The summed E-state index contributed by atoms with van der Waals surface area (Å²) in [5.74, 6) is 0. The van der Waals surface area contributed by atoms with Gasteiger partial charge in [-0.25, -0.2) is 0 Å². The Morgan fingerprint density at radius 1 is 1.05 bits per heavy atom. The second kappa shape index (κ2) is 8.20. The van der Waals surface area contributed by atoms with Crippen molar-refractivity contribution >= 4 is 0 Å². The van der Waals surface area contributed by atoms with Gasteiger partial charge < -0.3 is 19.9 Å². The average Bonchev–Trinajstić information content (AvgIpc) is 2.46. The van der Waals surface area contributed by atoms with Crippen LogP contribution in [0.1, 0.15) is 32.1 Å². The molecule has 2 rings (SSSR count). The molecule has 1 saturated heterocycles. The van der Waals surface area contributed by atoms with Crippen molar-refractivity contribution in [3.63, 3.8) is 0 Å². The molecule has 1 heterocycles. The molecule has 2 fully saturated rings. The number of hydrogen-bond donors (Lipinski definition) is 1. The maximum absolute atomic E-state index is 5.41. The van der Waals surface area contributed by atoms with Crippen molar-refractivity contribution in [1.82, 2.24) is 15.1 Å². The molecule has 1 aliphatic heterocycles. The van der Waals surface area contributed by atoms with Gasteiger partial charge >= 0.3 is 0 Å². The van der Waals surface area contributed by atoms with Crippen molar-refractivity contribution in [3.8, 4) is 0 Å². The number of piperazine rings is 1. The highest BCUT2D eigenvalue weighted by Gasteiger charge is 2.20. The van der Waals surface area contributed by atoms with E-state index in [4.69, 9.17) is 4.74 Å². The van der Waals surface area contributed by atoms with Gasteiger partial charge in [-0.05, 0) is 52.2 Å². The molecule has 0 aromatic rings. The minimum absolute atomic E-state index is 0.517. The Morgan fingerprint density at radius 3 is 2.37 bits per heavy atom. The van der Waals surface area contributed by atoms with Gasteiger partial charge in [-0.3, -0.25) is 0 Å². The van der Waals surface area contributed by atoms with Crippen LogP contribution in [0.25, 0.3) is 0 Å². The van der Waals surface area contributed by atoms with Crippen LogP contribution in [0.4, 0.5) is 0 Å². The molecule has 0 amide bonds. The third-order valence-corrected chi connectivity index (χ3v) is 4.69. The van der Waals surface area contributed by atoms with E-state index in [1.54, 1.807) is 0 Å². The highest BCUT2D eigenvalue weighted by molar-refractivity contribution is 4.77. The van der Waals surface area contributed by atoms with E-state index in [1.807, 2.05) is 7.11 Å². The first kappa shape index (κ1) is 15.2. The second-order valence-electron chi connectivity index (χ2n) is 6.16. The van der Waals surface area contributed by atoms with Crippen LogP contribution in [0.5, 0.6) is 0 Å². The summed E-state index contributed by atoms with van der Waals surface area (Å²) in [7, 11) is 4.06. The summed E-state index contributed by atoms with van der Waals surface area (Å²) in [6.07, 6.45) is 6.83. The molecule has 1 N–H and O–H groups in total. The van der Waals surface area contributed by atoms with Crippen LogP contribution in [0.2, 0.25) is 0 Å². The Labute approximate surface area is 118 Å². The van der Waals surface area contributed by atoms with Crippen LogP contribution in [0.3, 0.4) is 0 Å². The zero-order valence-electron chi connectivity index (χ0n) is 12.7. The summed E-state index contributed by atoms with van der Waals surface area (Å²) in [5.41, 5.74) is 0. The number of nitrogens with zero attached hydrogens (tertiary/aromatic N) is 2. The molecule has 4 heteroatoms. The summed E-state index contributed by atoms with van der Waals surface area (Å²) in [6, 6.07) is 0.735.